The first-order valence-electron chi connectivity index (χ1n) is 7.34. The van der Waals surface area contributed by atoms with Crippen molar-refractivity contribution in [2.75, 3.05) is 13.1 Å². The number of hydrogen-bond donors (Lipinski definition) is 1. The SMILES string of the molecule is CC1CCCN(C(N)=NC2CCCCC2)CC1. The summed E-state index contributed by atoms with van der Waals surface area (Å²) in [6, 6.07) is 0.504. The molecule has 0 radical (unpaired) electrons. The van der Waals surface area contributed by atoms with Gasteiger partial charge in [-0.1, -0.05) is 26.2 Å². The zero-order valence-corrected chi connectivity index (χ0v) is 11.2. The molecule has 1 aliphatic carbocycles. The third kappa shape index (κ3) is 3.90. The molecule has 0 bridgehead atoms. The number of aliphatic imine (C=N–C) groups is 1. The predicted molar refractivity (Wildman–Crippen MR) is 73.1 cm³/mol. The van der Waals surface area contributed by atoms with Crippen LogP contribution in [0.25, 0.3) is 0 Å². The van der Waals surface area contributed by atoms with Gasteiger partial charge in [-0.05, 0) is 38.0 Å². The number of hydrogen-bond acceptors (Lipinski definition) is 1. The average Bonchev–Trinajstić information content (AvgIpc) is 2.55. The van der Waals surface area contributed by atoms with Gasteiger partial charge in [-0.2, -0.15) is 0 Å². The maximum atomic E-state index is 6.17. The Morgan fingerprint density at radius 2 is 1.76 bits per heavy atom. The molecule has 0 aromatic carbocycles. The van der Waals surface area contributed by atoms with E-state index in [1.54, 1.807) is 0 Å². The van der Waals surface area contributed by atoms with Gasteiger partial charge >= 0.3 is 0 Å². The fourth-order valence-electron chi connectivity index (χ4n) is 2.97. The molecule has 1 saturated carbocycles. The second kappa shape index (κ2) is 6.27. The number of likely N-dealkylation sites (tertiary alicyclic amines) is 1. The summed E-state index contributed by atoms with van der Waals surface area (Å²) >= 11 is 0. The van der Waals surface area contributed by atoms with Gasteiger partial charge in [-0.25, -0.2) is 4.99 Å². The predicted octanol–water partition coefficient (Wildman–Crippen LogP) is 2.76. The zero-order chi connectivity index (χ0) is 12.1. The molecule has 2 fully saturated rings. The molecule has 0 aromatic heterocycles. The van der Waals surface area contributed by atoms with Crippen LogP contribution < -0.4 is 5.73 Å². The van der Waals surface area contributed by atoms with E-state index < -0.39 is 0 Å². The van der Waals surface area contributed by atoms with Gasteiger partial charge in [0.15, 0.2) is 5.96 Å². The number of nitrogens with two attached hydrogens (primary N) is 1. The maximum Gasteiger partial charge on any atom is 0.191 e. The Balaban J connectivity index is 1.88. The molecule has 0 spiro atoms. The van der Waals surface area contributed by atoms with Crippen molar-refractivity contribution in [3.63, 3.8) is 0 Å². The van der Waals surface area contributed by atoms with Crippen molar-refractivity contribution >= 4 is 5.96 Å². The second-order valence-corrected chi connectivity index (χ2v) is 5.80. The van der Waals surface area contributed by atoms with Crippen molar-refractivity contribution in [1.82, 2.24) is 4.90 Å². The minimum atomic E-state index is 0.504. The Hall–Kier alpha value is -0.730. The molecule has 1 saturated heterocycles. The summed E-state index contributed by atoms with van der Waals surface area (Å²) in [4.78, 5) is 7.05. The normalized spacial score (nSPS) is 29.1. The lowest BCUT2D eigenvalue weighted by Gasteiger charge is -2.24. The van der Waals surface area contributed by atoms with Gasteiger partial charge < -0.3 is 10.6 Å². The van der Waals surface area contributed by atoms with Crippen LogP contribution in [0.2, 0.25) is 0 Å². The topological polar surface area (TPSA) is 41.6 Å². The van der Waals surface area contributed by atoms with Gasteiger partial charge in [0.1, 0.15) is 0 Å². The van der Waals surface area contributed by atoms with Gasteiger partial charge in [0.2, 0.25) is 0 Å². The molecule has 3 heteroatoms. The molecular weight excluding hydrogens is 210 g/mol. The molecule has 1 heterocycles. The Labute approximate surface area is 105 Å². The first-order valence-corrected chi connectivity index (χ1v) is 7.34. The molecule has 2 aliphatic rings. The van der Waals surface area contributed by atoms with Crippen LogP contribution >= 0.6 is 0 Å². The van der Waals surface area contributed by atoms with Gasteiger partial charge in [0.25, 0.3) is 0 Å². The van der Waals surface area contributed by atoms with Crippen LogP contribution in [-0.2, 0) is 0 Å². The monoisotopic (exact) mass is 237 g/mol. The van der Waals surface area contributed by atoms with Crippen LogP contribution in [0.1, 0.15) is 58.3 Å². The molecule has 1 unspecified atom stereocenters. The summed E-state index contributed by atoms with van der Waals surface area (Å²) in [5.41, 5.74) is 6.17. The van der Waals surface area contributed by atoms with Gasteiger partial charge in [0.05, 0.1) is 6.04 Å². The van der Waals surface area contributed by atoms with Crippen LogP contribution in [0.5, 0.6) is 0 Å². The van der Waals surface area contributed by atoms with Gasteiger partial charge in [-0.15, -0.1) is 0 Å². The Morgan fingerprint density at radius 1 is 1.00 bits per heavy atom. The first-order chi connectivity index (χ1) is 8.25. The van der Waals surface area contributed by atoms with E-state index in [9.17, 15) is 0 Å². The second-order valence-electron chi connectivity index (χ2n) is 5.80. The van der Waals surface area contributed by atoms with Crippen LogP contribution in [0.15, 0.2) is 4.99 Å². The lowest BCUT2D eigenvalue weighted by Crippen LogP contribution is -2.39. The largest absolute Gasteiger partial charge is 0.370 e. The van der Waals surface area contributed by atoms with E-state index in [1.165, 1.54) is 51.4 Å². The Morgan fingerprint density at radius 3 is 2.53 bits per heavy atom. The molecular formula is C14H27N3. The molecule has 98 valence electrons. The van der Waals surface area contributed by atoms with Crippen molar-refractivity contribution in [3.8, 4) is 0 Å². The number of rotatable bonds is 1. The maximum absolute atomic E-state index is 6.17. The molecule has 0 amide bonds. The molecule has 0 aromatic rings. The van der Waals surface area contributed by atoms with E-state index in [-0.39, 0.29) is 0 Å². The van der Waals surface area contributed by atoms with Crippen molar-refractivity contribution in [2.45, 2.75) is 64.3 Å². The highest BCUT2D eigenvalue weighted by molar-refractivity contribution is 5.78. The third-order valence-corrected chi connectivity index (χ3v) is 4.23. The van der Waals surface area contributed by atoms with E-state index in [1.807, 2.05) is 0 Å². The highest BCUT2D eigenvalue weighted by atomic mass is 15.3. The summed E-state index contributed by atoms with van der Waals surface area (Å²) < 4.78 is 0. The Bertz CT molecular complexity index is 256. The molecule has 1 aliphatic heterocycles. The molecule has 17 heavy (non-hydrogen) atoms. The quantitative estimate of drug-likeness (QED) is 0.563. The van der Waals surface area contributed by atoms with Crippen LogP contribution in [0.4, 0.5) is 0 Å². The highest BCUT2D eigenvalue weighted by Crippen LogP contribution is 2.21. The van der Waals surface area contributed by atoms with Gasteiger partial charge in [0, 0.05) is 13.1 Å². The summed E-state index contributed by atoms with van der Waals surface area (Å²) in [5, 5.41) is 0. The fourth-order valence-corrected chi connectivity index (χ4v) is 2.97. The Kier molecular flexibility index (Phi) is 4.69. The lowest BCUT2D eigenvalue weighted by molar-refractivity contribution is 0.401. The lowest BCUT2D eigenvalue weighted by atomic mass is 9.96. The molecule has 1 atom stereocenters. The van der Waals surface area contributed by atoms with E-state index in [2.05, 4.69) is 11.8 Å². The van der Waals surface area contributed by atoms with Crippen molar-refractivity contribution in [2.24, 2.45) is 16.6 Å². The van der Waals surface area contributed by atoms with E-state index in [0.717, 1.165) is 25.0 Å². The van der Waals surface area contributed by atoms with Crippen molar-refractivity contribution in [1.29, 1.82) is 0 Å². The molecule has 3 nitrogen and oxygen atoms in total. The first kappa shape index (κ1) is 12.7. The van der Waals surface area contributed by atoms with Gasteiger partial charge in [-0.3, -0.25) is 0 Å². The van der Waals surface area contributed by atoms with E-state index >= 15 is 0 Å². The minimum absolute atomic E-state index is 0.504. The summed E-state index contributed by atoms with van der Waals surface area (Å²) in [6.07, 6.45) is 10.4. The highest BCUT2D eigenvalue weighted by Gasteiger charge is 2.17. The van der Waals surface area contributed by atoms with Crippen LogP contribution in [0.3, 0.4) is 0 Å². The molecule has 2 rings (SSSR count). The summed E-state index contributed by atoms with van der Waals surface area (Å²) in [7, 11) is 0. The van der Waals surface area contributed by atoms with Crippen LogP contribution in [-0.4, -0.2) is 30.0 Å². The van der Waals surface area contributed by atoms with Crippen molar-refractivity contribution < 1.29 is 0 Å². The van der Waals surface area contributed by atoms with Crippen LogP contribution in [0, 0.1) is 5.92 Å². The third-order valence-electron chi connectivity index (χ3n) is 4.23. The smallest absolute Gasteiger partial charge is 0.191 e. The number of nitrogens with zero attached hydrogens (tertiary/aromatic N) is 2. The zero-order valence-electron chi connectivity index (χ0n) is 11.2. The standard InChI is InChI=1S/C14H27N3/c1-12-6-5-10-17(11-9-12)14(15)16-13-7-3-2-4-8-13/h12-13H,2-11H2,1H3,(H2,15,16). The van der Waals surface area contributed by atoms with E-state index in [4.69, 9.17) is 10.7 Å². The average molecular weight is 237 g/mol. The van der Waals surface area contributed by atoms with E-state index in [0.29, 0.717) is 6.04 Å². The number of guanidine groups is 1. The summed E-state index contributed by atoms with van der Waals surface area (Å²) in [6.45, 7) is 4.55. The fraction of sp³-hybridized carbons (Fsp3) is 0.929. The van der Waals surface area contributed by atoms with Crippen molar-refractivity contribution in [3.05, 3.63) is 0 Å². The minimum Gasteiger partial charge on any atom is -0.370 e. The summed E-state index contributed by atoms with van der Waals surface area (Å²) in [5.74, 6) is 1.66. The molecule has 2 N–H and O–H groups in total.